The first-order chi connectivity index (χ1) is 23.3. The normalized spacial score (nSPS) is 14.7. The molecule has 0 saturated heterocycles. The summed E-state index contributed by atoms with van der Waals surface area (Å²) in [6, 6.07) is 0. The summed E-state index contributed by atoms with van der Waals surface area (Å²) >= 11 is 0. The Hall–Kier alpha value is -2.07. The number of aliphatic hydroxyl groups is 2. The molecular weight excluding hydrogens is 635 g/mol. The number of unbranched alkanes of at least 4 members (excludes halogenated alkanes) is 11. The molecule has 3 atom stereocenters. The lowest BCUT2D eigenvalue weighted by molar-refractivity contribution is -0.153. The standard InChI is InChI=1S/C37H65O10P/c1-3-5-7-9-11-12-13-14-15-16-17-18-19-20-21-22-23-25-27-29-37(41)47-35(31-39)33-45-48(42,43)44-32-34(30-38)46-36(40)28-26-24-10-8-6-4-2/h5,7,11-12,14-15,17-18,34-35,38-39H,3-4,6,8-10,13,16,19-33H2,1-2H3,(H,42,43)/b7-5-,12-11-,15-14-,18-17-. The van der Waals surface area contributed by atoms with Gasteiger partial charge in [0.1, 0.15) is 12.2 Å². The maximum absolute atomic E-state index is 12.2. The highest BCUT2D eigenvalue weighted by molar-refractivity contribution is 7.47. The number of hydrogen-bond acceptors (Lipinski definition) is 9. The van der Waals surface area contributed by atoms with E-state index in [1.165, 1.54) is 0 Å². The quantitative estimate of drug-likeness (QED) is 0.0263. The predicted molar refractivity (Wildman–Crippen MR) is 191 cm³/mol. The molecule has 0 aliphatic heterocycles. The van der Waals surface area contributed by atoms with E-state index in [2.05, 4.69) is 62.5 Å². The van der Waals surface area contributed by atoms with Gasteiger partial charge < -0.3 is 24.6 Å². The van der Waals surface area contributed by atoms with Crippen molar-refractivity contribution in [1.82, 2.24) is 0 Å². The Morgan fingerprint density at radius 3 is 1.42 bits per heavy atom. The zero-order valence-corrected chi connectivity index (χ0v) is 30.6. The monoisotopic (exact) mass is 700 g/mol. The molecule has 0 aliphatic rings. The summed E-state index contributed by atoms with van der Waals surface area (Å²) in [4.78, 5) is 34.1. The minimum Gasteiger partial charge on any atom is -0.457 e. The molecule has 0 fully saturated rings. The highest BCUT2D eigenvalue weighted by Gasteiger charge is 2.27. The second kappa shape index (κ2) is 33.4. The third kappa shape index (κ3) is 31.2. The number of phosphoric acid groups is 1. The first-order valence-corrected chi connectivity index (χ1v) is 19.6. The molecule has 3 unspecified atom stereocenters. The number of allylic oxidation sites excluding steroid dienone is 8. The van der Waals surface area contributed by atoms with E-state index in [0.29, 0.717) is 12.8 Å². The van der Waals surface area contributed by atoms with Crippen LogP contribution in [0.2, 0.25) is 0 Å². The minimum absolute atomic E-state index is 0.175. The van der Waals surface area contributed by atoms with Crippen molar-refractivity contribution in [3.63, 3.8) is 0 Å². The number of hydrogen-bond donors (Lipinski definition) is 3. The molecule has 0 aromatic carbocycles. The molecule has 0 aliphatic carbocycles. The maximum atomic E-state index is 12.2. The summed E-state index contributed by atoms with van der Waals surface area (Å²) in [5.41, 5.74) is 0. The lowest BCUT2D eigenvalue weighted by Gasteiger charge is -2.20. The van der Waals surface area contributed by atoms with Gasteiger partial charge in [-0.15, -0.1) is 0 Å². The van der Waals surface area contributed by atoms with Crippen LogP contribution in [0.4, 0.5) is 0 Å². The number of rotatable bonds is 33. The molecule has 0 heterocycles. The molecule has 0 bridgehead atoms. The largest absolute Gasteiger partial charge is 0.472 e. The lowest BCUT2D eigenvalue weighted by Crippen LogP contribution is -2.28. The first kappa shape index (κ1) is 45.9. The number of carbonyl (C=O) groups excluding carboxylic acids is 2. The van der Waals surface area contributed by atoms with Crippen LogP contribution in [-0.2, 0) is 32.7 Å². The van der Waals surface area contributed by atoms with Crippen LogP contribution < -0.4 is 0 Å². The van der Waals surface area contributed by atoms with Crippen molar-refractivity contribution in [3.8, 4) is 0 Å². The fourth-order valence-corrected chi connectivity index (χ4v) is 5.30. The van der Waals surface area contributed by atoms with Gasteiger partial charge in [0, 0.05) is 12.8 Å². The summed E-state index contributed by atoms with van der Waals surface area (Å²) < 4.78 is 32.2. The van der Waals surface area contributed by atoms with Crippen LogP contribution in [-0.4, -0.2) is 65.7 Å². The van der Waals surface area contributed by atoms with Gasteiger partial charge in [-0.25, -0.2) is 4.57 Å². The Kier molecular flexibility index (Phi) is 32.0. The van der Waals surface area contributed by atoms with Gasteiger partial charge in [-0.1, -0.05) is 120 Å². The Morgan fingerprint density at radius 1 is 0.583 bits per heavy atom. The predicted octanol–water partition coefficient (Wildman–Crippen LogP) is 8.60. The van der Waals surface area contributed by atoms with E-state index in [4.69, 9.17) is 18.5 Å². The van der Waals surface area contributed by atoms with E-state index in [1.54, 1.807) is 0 Å². The molecular formula is C37H65O10P. The van der Waals surface area contributed by atoms with E-state index in [-0.39, 0.29) is 12.8 Å². The van der Waals surface area contributed by atoms with Gasteiger partial charge in [-0.05, 0) is 51.4 Å². The van der Waals surface area contributed by atoms with Crippen molar-refractivity contribution < 1.29 is 47.8 Å². The molecule has 3 N–H and O–H groups in total. The molecule has 0 radical (unpaired) electrons. The number of aliphatic hydroxyl groups excluding tert-OH is 2. The van der Waals surface area contributed by atoms with Crippen LogP contribution in [0.15, 0.2) is 48.6 Å². The molecule has 48 heavy (non-hydrogen) atoms. The smallest absolute Gasteiger partial charge is 0.457 e. The third-order valence-corrected chi connectivity index (χ3v) is 8.26. The average molecular weight is 701 g/mol. The van der Waals surface area contributed by atoms with Crippen LogP contribution in [0.25, 0.3) is 0 Å². The van der Waals surface area contributed by atoms with Crippen molar-refractivity contribution in [2.45, 2.75) is 148 Å². The van der Waals surface area contributed by atoms with Gasteiger partial charge in [0.05, 0.1) is 26.4 Å². The summed E-state index contributed by atoms with van der Waals surface area (Å²) in [6.07, 6.45) is 32.7. The second-order valence-electron chi connectivity index (χ2n) is 11.8. The van der Waals surface area contributed by atoms with Gasteiger partial charge in [-0.3, -0.25) is 18.6 Å². The first-order valence-electron chi connectivity index (χ1n) is 18.1. The Labute approximate surface area is 290 Å². The lowest BCUT2D eigenvalue weighted by atomic mass is 10.1. The number of phosphoric ester groups is 1. The van der Waals surface area contributed by atoms with Gasteiger partial charge in [0.25, 0.3) is 0 Å². The molecule has 11 heteroatoms. The van der Waals surface area contributed by atoms with Crippen LogP contribution in [0.5, 0.6) is 0 Å². The zero-order valence-electron chi connectivity index (χ0n) is 29.7. The fourth-order valence-electron chi connectivity index (χ4n) is 4.52. The maximum Gasteiger partial charge on any atom is 0.472 e. The van der Waals surface area contributed by atoms with Gasteiger partial charge >= 0.3 is 19.8 Å². The summed E-state index contributed by atoms with van der Waals surface area (Å²) in [5, 5.41) is 19.0. The van der Waals surface area contributed by atoms with Crippen molar-refractivity contribution in [3.05, 3.63) is 48.6 Å². The third-order valence-electron chi connectivity index (χ3n) is 7.31. The zero-order chi connectivity index (χ0) is 35.6. The number of carbonyl (C=O) groups is 2. The molecule has 0 amide bonds. The molecule has 278 valence electrons. The van der Waals surface area contributed by atoms with Gasteiger partial charge in [0.15, 0.2) is 0 Å². The van der Waals surface area contributed by atoms with E-state index >= 15 is 0 Å². The highest BCUT2D eigenvalue weighted by Crippen LogP contribution is 2.43. The SMILES string of the molecule is CC/C=C\C/C=C\C/C=C\C/C=C\CCCCCCCCC(=O)OC(CO)COP(=O)(O)OCC(CO)OC(=O)CCCCCCCC. The molecule has 0 saturated carbocycles. The Morgan fingerprint density at radius 2 is 0.979 bits per heavy atom. The van der Waals surface area contributed by atoms with Gasteiger partial charge in [0.2, 0.25) is 0 Å². The minimum atomic E-state index is -4.62. The Balaban J connectivity index is 3.97. The molecule has 0 rings (SSSR count). The molecule has 10 nitrogen and oxygen atoms in total. The van der Waals surface area contributed by atoms with Crippen molar-refractivity contribution >= 4 is 19.8 Å². The summed E-state index contributed by atoms with van der Waals surface area (Å²) in [7, 11) is -4.62. The van der Waals surface area contributed by atoms with E-state index in [0.717, 1.165) is 96.3 Å². The highest BCUT2D eigenvalue weighted by atomic mass is 31.2. The number of esters is 2. The van der Waals surface area contributed by atoms with E-state index in [1.807, 2.05) is 0 Å². The van der Waals surface area contributed by atoms with Crippen molar-refractivity contribution in [1.29, 1.82) is 0 Å². The fraction of sp³-hybridized carbons (Fsp3) is 0.730. The van der Waals surface area contributed by atoms with Crippen LogP contribution in [0, 0.1) is 0 Å². The molecule has 0 spiro atoms. The molecule has 0 aromatic heterocycles. The summed E-state index contributed by atoms with van der Waals surface area (Å²) in [5.74, 6) is -1.05. The van der Waals surface area contributed by atoms with Gasteiger partial charge in [-0.2, -0.15) is 0 Å². The van der Waals surface area contributed by atoms with E-state index < -0.39 is 58.4 Å². The van der Waals surface area contributed by atoms with Crippen LogP contribution in [0.1, 0.15) is 136 Å². The topological polar surface area (TPSA) is 149 Å². The summed E-state index contributed by atoms with van der Waals surface area (Å²) in [6.45, 7) is 1.96. The van der Waals surface area contributed by atoms with Crippen molar-refractivity contribution in [2.24, 2.45) is 0 Å². The average Bonchev–Trinajstić information content (AvgIpc) is 3.07. The Bertz CT molecular complexity index is 946. The van der Waals surface area contributed by atoms with Crippen LogP contribution >= 0.6 is 7.82 Å². The molecule has 0 aromatic rings. The van der Waals surface area contributed by atoms with E-state index in [9.17, 15) is 29.3 Å². The van der Waals surface area contributed by atoms with Crippen molar-refractivity contribution in [2.75, 3.05) is 26.4 Å². The van der Waals surface area contributed by atoms with Crippen LogP contribution in [0.3, 0.4) is 0 Å². The number of ether oxygens (including phenoxy) is 2. The second-order valence-corrected chi connectivity index (χ2v) is 13.3.